The summed E-state index contributed by atoms with van der Waals surface area (Å²) >= 11 is 0. The van der Waals surface area contributed by atoms with Crippen LogP contribution in [0.1, 0.15) is 29.5 Å². The number of nitrogens with one attached hydrogen (secondary N) is 1. The van der Waals surface area contributed by atoms with Gasteiger partial charge in [-0.15, -0.1) is 0 Å². The van der Waals surface area contributed by atoms with Gasteiger partial charge in [0.15, 0.2) is 0 Å². The zero-order chi connectivity index (χ0) is 13.4. The van der Waals surface area contributed by atoms with Gasteiger partial charge in [-0.3, -0.25) is 4.79 Å². The number of methoxy groups -OCH3 is 1. The number of amides is 1. The summed E-state index contributed by atoms with van der Waals surface area (Å²) in [7, 11) is 1.32. The van der Waals surface area contributed by atoms with Crippen LogP contribution >= 0.6 is 0 Å². The first kappa shape index (κ1) is 13.9. The van der Waals surface area contributed by atoms with Gasteiger partial charge in [0.05, 0.1) is 12.8 Å². The lowest BCUT2D eigenvalue weighted by Crippen LogP contribution is -2.20. The number of hydrogen-bond acceptors (Lipinski definition) is 4. The molecule has 1 aromatic heterocycles. The van der Waals surface area contributed by atoms with Gasteiger partial charge in [-0.25, -0.2) is 9.78 Å². The fourth-order valence-electron chi connectivity index (χ4n) is 1.30. The highest BCUT2D eigenvalue weighted by Crippen LogP contribution is 2.03. The van der Waals surface area contributed by atoms with Crippen molar-refractivity contribution in [3.8, 4) is 0 Å². The molecule has 0 radical (unpaired) electrons. The number of rotatable bonds is 5. The third kappa shape index (κ3) is 4.78. The summed E-state index contributed by atoms with van der Waals surface area (Å²) < 4.78 is 4.59. The largest absolute Gasteiger partial charge is 0.464 e. The highest BCUT2D eigenvalue weighted by atomic mass is 16.5. The standard InChI is InChI=1S/C13H16N2O3/c1-10(16)14-9-4-3-6-11-7-5-8-12(15-11)13(17)18-2/h3,5-8H,4,9H2,1-2H3,(H,14,16). The third-order valence-corrected chi connectivity index (χ3v) is 2.14. The fourth-order valence-corrected chi connectivity index (χ4v) is 1.30. The molecule has 0 fully saturated rings. The molecule has 0 aromatic carbocycles. The number of carbonyl (C=O) groups is 2. The van der Waals surface area contributed by atoms with E-state index in [-0.39, 0.29) is 11.6 Å². The maximum absolute atomic E-state index is 11.3. The van der Waals surface area contributed by atoms with E-state index in [1.54, 1.807) is 24.3 Å². The molecule has 0 saturated heterocycles. The minimum atomic E-state index is -0.455. The normalized spacial score (nSPS) is 10.3. The first-order valence-electron chi connectivity index (χ1n) is 5.60. The molecule has 18 heavy (non-hydrogen) atoms. The van der Waals surface area contributed by atoms with Crippen molar-refractivity contribution in [1.82, 2.24) is 10.3 Å². The predicted molar refractivity (Wildman–Crippen MR) is 67.9 cm³/mol. The number of aromatic nitrogens is 1. The summed E-state index contributed by atoms with van der Waals surface area (Å²) in [4.78, 5) is 26.0. The fraction of sp³-hybridized carbons (Fsp3) is 0.308. The molecule has 1 heterocycles. The number of esters is 1. The Hall–Kier alpha value is -2.17. The van der Waals surface area contributed by atoms with E-state index in [2.05, 4.69) is 15.0 Å². The smallest absolute Gasteiger partial charge is 0.356 e. The van der Waals surface area contributed by atoms with Gasteiger partial charge in [0.2, 0.25) is 5.91 Å². The van der Waals surface area contributed by atoms with Gasteiger partial charge in [-0.05, 0) is 24.6 Å². The summed E-state index contributed by atoms with van der Waals surface area (Å²) in [6, 6.07) is 5.13. The van der Waals surface area contributed by atoms with Crippen molar-refractivity contribution in [2.75, 3.05) is 13.7 Å². The second kappa shape index (κ2) is 7.21. The maximum atomic E-state index is 11.3. The van der Waals surface area contributed by atoms with E-state index >= 15 is 0 Å². The van der Waals surface area contributed by atoms with Crippen LogP contribution in [0, 0.1) is 0 Å². The van der Waals surface area contributed by atoms with Crippen LogP contribution in [0.25, 0.3) is 6.08 Å². The molecule has 1 rings (SSSR count). The Kier molecular flexibility index (Phi) is 5.57. The molecule has 96 valence electrons. The van der Waals surface area contributed by atoms with Gasteiger partial charge >= 0.3 is 5.97 Å². The number of carbonyl (C=O) groups excluding carboxylic acids is 2. The highest BCUT2D eigenvalue weighted by Gasteiger charge is 2.05. The molecule has 0 atom stereocenters. The van der Waals surface area contributed by atoms with E-state index in [1.807, 2.05) is 6.08 Å². The summed E-state index contributed by atoms with van der Waals surface area (Å²) in [6.45, 7) is 2.06. The molecule has 0 aliphatic heterocycles. The average Bonchev–Trinajstić information content (AvgIpc) is 2.37. The molecule has 0 aliphatic carbocycles. The first-order valence-corrected chi connectivity index (χ1v) is 5.60. The minimum Gasteiger partial charge on any atom is -0.464 e. The zero-order valence-electron chi connectivity index (χ0n) is 10.5. The molecular weight excluding hydrogens is 232 g/mol. The maximum Gasteiger partial charge on any atom is 0.356 e. The van der Waals surface area contributed by atoms with Gasteiger partial charge in [0.25, 0.3) is 0 Å². The van der Waals surface area contributed by atoms with E-state index in [9.17, 15) is 9.59 Å². The second-order valence-electron chi connectivity index (χ2n) is 3.61. The topological polar surface area (TPSA) is 68.3 Å². The van der Waals surface area contributed by atoms with Gasteiger partial charge in [0, 0.05) is 13.5 Å². The Morgan fingerprint density at radius 1 is 1.44 bits per heavy atom. The van der Waals surface area contributed by atoms with Crippen LogP contribution in [-0.4, -0.2) is 30.5 Å². The molecule has 1 amide bonds. The Morgan fingerprint density at radius 3 is 2.89 bits per heavy atom. The van der Waals surface area contributed by atoms with Crippen molar-refractivity contribution in [3.63, 3.8) is 0 Å². The van der Waals surface area contributed by atoms with E-state index in [4.69, 9.17) is 0 Å². The zero-order valence-corrected chi connectivity index (χ0v) is 10.5. The summed E-state index contributed by atoms with van der Waals surface area (Å²) in [5.41, 5.74) is 0.960. The van der Waals surface area contributed by atoms with Crippen LogP contribution < -0.4 is 5.32 Å². The lowest BCUT2D eigenvalue weighted by Gasteiger charge is -1.99. The van der Waals surface area contributed by atoms with E-state index in [1.165, 1.54) is 14.0 Å². The van der Waals surface area contributed by atoms with Crippen molar-refractivity contribution in [2.24, 2.45) is 0 Å². The number of nitrogens with zero attached hydrogens (tertiary/aromatic N) is 1. The Bertz CT molecular complexity index is 455. The number of ether oxygens (including phenoxy) is 1. The first-order chi connectivity index (χ1) is 8.63. The van der Waals surface area contributed by atoms with Gasteiger partial charge < -0.3 is 10.1 Å². The van der Waals surface area contributed by atoms with Crippen molar-refractivity contribution >= 4 is 18.0 Å². The average molecular weight is 248 g/mol. The SMILES string of the molecule is COC(=O)c1cccc(C=CCCNC(C)=O)n1. The van der Waals surface area contributed by atoms with Crippen LogP contribution in [0.2, 0.25) is 0 Å². The van der Waals surface area contributed by atoms with Crippen LogP contribution in [-0.2, 0) is 9.53 Å². The molecule has 0 aliphatic rings. The molecule has 0 spiro atoms. The van der Waals surface area contributed by atoms with Crippen LogP contribution in [0.15, 0.2) is 24.3 Å². The van der Waals surface area contributed by atoms with Gasteiger partial charge in [-0.1, -0.05) is 12.1 Å². The van der Waals surface area contributed by atoms with E-state index < -0.39 is 5.97 Å². The van der Waals surface area contributed by atoms with Crippen LogP contribution in [0.4, 0.5) is 0 Å². The molecule has 0 saturated carbocycles. The third-order valence-electron chi connectivity index (χ3n) is 2.14. The second-order valence-corrected chi connectivity index (χ2v) is 3.61. The summed E-state index contributed by atoms with van der Waals surface area (Å²) in [5.74, 6) is -0.502. The monoisotopic (exact) mass is 248 g/mol. The van der Waals surface area contributed by atoms with E-state index in [0.29, 0.717) is 18.7 Å². The Labute approximate surface area is 106 Å². The van der Waals surface area contributed by atoms with Crippen molar-refractivity contribution in [2.45, 2.75) is 13.3 Å². The van der Waals surface area contributed by atoms with Gasteiger partial charge in [-0.2, -0.15) is 0 Å². The van der Waals surface area contributed by atoms with Crippen LogP contribution in [0.3, 0.4) is 0 Å². The van der Waals surface area contributed by atoms with Crippen molar-refractivity contribution in [3.05, 3.63) is 35.7 Å². The molecule has 1 N–H and O–H groups in total. The molecule has 5 heteroatoms. The van der Waals surface area contributed by atoms with Crippen molar-refractivity contribution in [1.29, 1.82) is 0 Å². The molecule has 5 nitrogen and oxygen atoms in total. The Balaban J connectivity index is 2.54. The van der Waals surface area contributed by atoms with Crippen LogP contribution in [0.5, 0.6) is 0 Å². The molecule has 0 bridgehead atoms. The predicted octanol–water partition coefficient (Wildman–Crippen LogP) is 1.41. The molecule has 0 unspecified atom stereocenters. The summed E-state index contributed by atoms with van der Waals surface area (Å²) in [5, 5.41) is 2.69. The Morgan fingerprint density at radius 2 is 2.22 bits per heavy atom. The quantitative estimate of drug-likeness (QED) is 0.632. The summed E-state index contributed by atoms with van der Waals surface area (Å²) in [6.07, 6.45) is 4.40. The lowest BCUT2D eigenvalue weighted by molar-refractivity contribution is -0.118. The van der Waals surface area contributed by atoms with E-state index in [0.717, 1.165) is 0 Å². The number of pyridine rings is 1. The molecular formula is C13H16N2O3. The van der Waals surface area contributed by atoms with Gasteiger partial charge in [0.1, 0.15) is 5.69 Å². The lowest BCUT2D eigenvalue weighted by atomic mass is 10.2. The minimum absolute atomic E-state index is 0.0470. The number of hydrogen-bond donors (Lipinski definition) is 1. The molecule has 1 aromatic rings. The van der Waals surface area contributed by atoms with Crippen molar-refractivity contribution < 1.29 is 14.3 Å². The highest BCUT2D eigenvalue weighted by molar-refractivity contribution is 5.87.